The minimum atomic E-state index is -3.83. The number of benzene rings is 2. The SMILES string of the molecule is CCc1ccc(C(C)NC(=O)COC(=O)c2ccccc2NS(=O)(=O)c2cccs2)cc1. The molecule has 3 aromatic rings. The van der Waals surface area contributed by atoms with E-state index >= 15 is 0 Å². The van der Waals surface area contributed by atoms with Crippen LogP contribution in [0.4, 0.5) is 5.69 Å². The highest BCUT2D eigenvalue weighted by Crippen LogP contribution is 2.23. The largest absolute Gasteiger partial charge is 0.452 e. The lowest BCUT2D eigenvalue weighted by atomic mass is 10.1. The first-order valence-corrected chi connectivity index (χ1v) is 12.4. The van der Waals surface area contributed by atoms with E-state index in [-0.39, 0.29) is 21.5 Å². The van der Waals surface area contributed by atoms with Gasteiger partial charge in [-0.2, -0.15) is 0 Å². The van der Waals surface area contributed by atoms with Crippen LogP contribution in [0.1, 0.15) is 41.4 Å². The van der Waals surface area contributed by atoms with Gasteiger partial charge in [-0.05, 0) is 48.1 Å². The number of sulfonamides is 1. The Bertz CT molecular complexity index is 1170. The third kappa shape index (κ3) is 5.95. The molecule has 2 aromatic carbocycles. The number of carbonyl (C=O) groups is 2. The van der Waals surface area contributed by atoms with Gasteiger partial charge in [0.05, 0.1) is 17.3 Å². The average molecular weight is 473 g/mol. The van der Waals surface area contributed by atoms with Crippen molar-refractivity contribution < 1.29 is 22.7 Å². The zero-order chi connectivity index (χ0) is 23.1. The fourth-order valence-corrected chi connectivity index (χ4v) is 5.05. The highest BCUT2D eigenvalue weighted by molar-refractivity contribution is 7.94. The molecule has 3 rings (SSSR count). The molecule has 1 aromatic heterocycles. The van der Waals surface area contributed by atoms with Crippen LogP contribution in [0.3, 0.4) is 0 Å². The van der Waals surface area contributed by atoms with Gasteiger partial charge in [-0.25, -0.2) is 13.2 Å². The fraction of sp³-hybridized carbons (Fsp3) is 0.217. The molecular weight excluding hydrogens is 448 g/mol. The second kappa shape index (κ2) is 10.4. The summed E-state index contributed by atoms with van der Waals surface area (Å²) < 4.78 is 32.6. The van der Waals surface area contributed by atoms with E-state index in [9.17, 15) is 18.0 Å². The molecule has 1 unspecified atom stereocenters. The molecule has 168 valence electrons. The van der Waals surface area contributed by atoms with Crippen LogP contribution in [0.5, 0.6) is 0 Å². The molecule has 0 saturated carbocycles. The summed E-state index contributed by atoms with van der Waals surface area (Å²) in [7, 11) is -3.83. The van der Waals surface area contributed by atoms with Gasteiger partial charge in [-0.15, -0.1) is 11.3 Å². The van der Waals surface area contributed by atoms with E-state index < -0.39 is 28.5 Å². The third-order valence-electron chi connectivity index (χ3n) is 4.75. The summed E-state index contributed by atoms with van der Waals surface area (Å²) in [4.78, 5) is 24.8. The van der Waals surface area contributed by atoms with Crippen LogP contribution in [0, 0.1) is 0 Å². The van der Waals surface area contributed by atoms with Gasteiger partial charge in [0.2, 0.25) is 0 Å². The summed E-state index contributed by atoms with van der Waals surface area (Å²) in [5.41, 5.74) is 2.24. The Morgan fingerprint density at radius 2 is 1.75 bits per heavy atom. The van der Waals surface area contributed by atoms with E-state index in [4.69, 9.17) is 4.74 Å². The number of anilines is 1. The van der Waals surface area contributed by atoms with Crippen molar-refractivity contribution in [2.45, 2.75) is 30.5 Å². The van der Waals surface area contributed by atoms with Gasteiger partial charge in [-0.1, -0.05) is 49.4 Å². The van der Waals surface area contributed by atoms with E-state index in [0.717, 1.165) is 23.3 Å². The van der Waals surface area contributed by atoms with Crippen molar-refractivity contribution in [1.82, 2.24) is 5.32 Å². The van der Waals surface area contributed by atoms with Gasteiger partial charge in [0, 0.05) is 0 Å². The van der Waals surface area contributed by atoms with Crippen molar-refractivity contribution in [1.29, 1.82) is 0 Å². The molecule has 0 fully saturated rings. The molecule has 1 amide bonds. The van der Waals surface area contributed by atoms with Crippen molar-refractivity contribution in [3.63, 3.8) is 0 Å². The predicted octanol–water partition coefficient (Wildman–Crippen LogP) is 4.15. The first kappa shape index (κ1) is 23.5. The lowest BCUT2D eigenvalue weighted by Crippen LogP contribution is -2.31. The van der Waals surface area contributed by atoms with E-state index in [2.05, 4.69) is 17.0 Å². The number of ether oxygens (including phenoxy) is 1. The van der Waals surface area contributed by atoms with Crippen molar-refractivity contribution in [2.24, 2.45) is 0 Å². The summed E-state index contributed by atoms with van der Waals surface area (Å²) in [6.07, 6.45) is 0.932. The number of carbonyl (C=O) groups excluding carboxylic acids is 2. The second-order valence-electron chi connectivity index (χ2n) is 7.04. The third-order valence-corrected chi connectivity index (χ3v) is 7.51. The first-order chi connectivity index (χ1) is 15.3. The molecule has 0 aliphatic heterocycles. The maximum atomic E-state index is 12.5. The maximum Gasteiger partial charge on any atom is 0.340 e. The average Bonchev–Trinajstić information content (AvgIpc) is 3.34. The molecular formula is C23H24N2O5S2. The molecule has 0 aliphatic rings. The molecule has 2 N–H and O–H groups in total. The zero-order valence-electron chi connectivity index (χ0n) is 17.7. The Morgan fingerprint density at radius 3 is 2.41 bits per heavy atom. The topological polar surface area (TPSA) is 102 Å². The molecule has 1 atom stereocenters. The van der Waals surface area contributed by atoms with Crippen LogP contribution < -0.4 is 10.0 Å². The normalized spacial score (nSPS) is 12.1. The Labute approximate surface area is 191 Å². The monoisotopic (exact) mass is 472 g/mol. The predicted molar refractivity (Wildman–Crippen MR) is 124 cm³/mol. The van der Waals surface area contributed by atoms with Crippen molar-refractivity contribution >= 4 is 38.9 Å². The maximum absolute atomic E-state index is 12.5. The van der Waals surface area contributed by atoms with Crippen molar-refractivity contribution in [3.05, 3.63) is 82.7 Å². The number of nitrogens with one attached hydrogen (secondary N) is 2. The summed E-state index contributed by atoms with van der Waals surface area (Å²) >= 11 is 1.06. The minimum Gasteiger partial charge on any atom is -0.452 e. The molecule has 0 spiro atoms. The second-order valence-corrected chi connectivity index (χ2v) is 9.90. The van der Waals surface area contributed by atoms with Crippen LogP contribution in [-0.4, -0.2) is 26.9 Å². The Kier molecular flexibility index (Phi) is 7.66. The summed E-state index contributed by atoms with van der Waals surface area (Å²) in [6.45, 7) is 3.43. The molecule has 1 heterocycles. The number of esters is 1. The van der Waals surface area contributed by atoms with Crippen LogP contribution in [0.2, 0.25) is 0 Å². The Balaban J connectivity index is 1.60. The van der Waals surface area contributed by atoms with Gasteiger partial charge < -0.3 is 10.1 Å². The van der Waals surface area contributed by atoms with Gasteiger partial charge in [0.1, 0.15) is 4.21 Å². The van der Waals surface area contributed by atoms with Gasteiger partial charge in [0.15, 0.2) is 6.61 Å². The number of hydrogen-bond acceptors (Lipinski definition) is 6. The lowest BCUT2D eigenvalue weighted by molar-refractivity contribution is -0.124. The number of thiophene rings is 1. The molecule has 0 bridgehead atoms. The molecule has 0 radical (unpaired) electrons. The Morgan fingerprint density at radius 1 is 1.03 bits per heavy atom. The molecule has 32 heavy (non-hydrogen) atoms. The van der Waals surface area contributed by atoms with Gasteiger partial charge in [-0.3, -0.25) is 9.52 Å². The molecule has 0 saturated heterocycles. The number of rotatable bonds is 9. The number of aryl methyl sites for hydroxylation is 1. The highest BCUT2D eigenvalue weighted by Gasteiger charge is 2.21. The first-order valence-electron chi connectivity index (χ1n) is 10.0. The van der Waals surface area contributed by atoms with E-state index in [1.807, 2.05) is 31.2 Å². The number of amides is 1. The van der Waals surface area contributed by atoms with Crippen LogP contribution in [0.25, 0.3) is 0 Å². The standard InChI is InChI=1S/C23H24N2O5S2/c1-3-17-10-12-18(13-11-17)16(2)24-21(26)15-30-23(27)19-7-4-5-8-20(19)25-32(28,29)22-9-6-14-31-22/h4-14,16,25H,3,15H2,1-2H3,(H,24,26). The zero-order valence-corrected chi connectivity index (χ0v) is 19.3. The van der Waals surface area contributed by atoms with Crippen molar-refractivity contribution in [3.8, 4) is 0 Å². The van der Waals surface area contributed by atoms with Crippen LogP contribution in [0.15, 0.2) is 70.3 Å². The summed E-state index contributed by atoms with van der Waals surface area (Å²) in [5, 5.41) is 4.43. The quantitative estimate of drug-likeness (QED) is 0.456. The number of hydrogen-bond donors (Lipinski definition) is 2. The minimum absolute atomic E-state index is 0.0173. The number of para-hydroxylation sites is 1. The highest BCUT2D eigenvalue weighted by atomic mass is 32.2. The van der Waals surface area contributed by atoms with E-state index in [1.165, 1.54) is 23.8 Å². The van der Waals surface area contributed by atoms with E-state index in [0.29, 0.717) is 0 Å². The molecule has 0 aliphatic carbocycles. The van der Waals surface area contributed by atoms with E-state index in [1.54, 1.807) is 23.6 Å². The smallest absolute Gasteiger partial charge is 0.340 e. The Hall–Kier alpha value is -3.17. The molecule has 7 nitrogen and oxygen atoms in total. The van der Waals surface area contributed by atoms with Gasteiger partial charge in [0.25, 0.3) is 15.9 Å². The summed E-state index contributed by atoms with van der Waals surface area (Å²) in [6, 6.07) is 16.8. The fourth-order valence-electron chi connectivity index (χ4n) is 2.98. The lowest BCUT2D eigenvalue weighted by Gasteiger charge is -2.15. The van der Waals surface area contributed by atoms with Crippen molar-refractivity contribution in [2.75, 3.05) is 11.3 Å². The molecule has 9 heteroatoms. The van der Waals surface area contributed by atoms with Crippen LogP contribution in [-0.2, 0) is 26.0 Å². The van der Waals surface area contributed by atoms with Gasteiger partial charge >= 0.3 is 5.97 Å². The van der Waals surface area contributed by atoms with Crippen LogP contribution >= 0.6 is 11.3 Å². The summed E-state index contributed by atoms with van der Waals surface area (Å²) in [5.74, 6) is -1.26.